The van der Waals surface area contributed by atoms with Gasteiger partial charge in [-0.05, 0) is 25.1 Å². The quantitative estimate of drug-likeness (QED) is 0.744. The van der Waals surface area contributed by atoms with Crippen LogP contribution < -0.4 is 16.8 Å². The highest BCUT2D eigenvalue weighted by molar-refractivity contribution is 5.99. The van der Waals surface area contributed by atoms with Crippen LogP contribution in [0.25, 0.3) is 0 Å². The van der Waals surface area contributed by atoms with Gasteiger partial charge in [0, 0.05) is 41.7 Å². The molecule has 0 radical (unpaired) electrons. The van der Waals surface area contributed by atoms with Crippen LogP contribution in [-0.2, 0) is 13.6 Å². The molecule has 1 heterocycles. The molecule has 0 saturated carbocycles. The van der Waals surface area contributed by atoms with Gasteiger partial charge < -0.3 is 16.8 Å². The van der Waals surface area contributed by atoms with Crippen molar-refractivity contribution in [3.05, 3.63) is 46.8 Å². The summed E-state index contributed by atoms with van der Waals surface area (Å²) in [5.74, 6) is -1.22. The molecule has 0 bridgehead atoms. The van der Waals surface area contributed by atoms with E-state index in [4.69, 9.17) is 11.5 Å². The van der Waals surface area contributed by atoms with E-state index in [9.17, 15) is 9.59 Å². The number of carbonyl (C=O) groups excluding carboxylic acids is 2. The van der Waals surface area contributed by atoms with Gasteiger partial charge in [0.1, 0.15) is 0 Å². The molecule has 5 N–H and O–H groups in total. The third-order valence-electron chi connectivity index (χ3n) is 3.32. The first-order valence-corrected chi connectivity index (χ1v) is 6.34. The lowest BCUT2D eigenvalue weighted by molar-refractivity contribution is 0.0999. The molecule has 0 unspecified atom stereocenters. The molecule has 2 amide bonds. The summed E-state index contributed by atoms with van der Waals surface area (Å²) in [4.78, 5) is 22.6. The zero-order valence-electron chi connectivity index (χ0n) is 11.9. The Labute approximate surface area is 121 Å². The predicted molar refractivity (Wildman–Crippen MR) is 78.7 cm³/mol. The van der Waals surface area contributed by atoms with Crippen LogP contribution in [0.2, 0.25) is 0 Å². The Balaban J connectivity index is 2.25. The zero-order valence-corrected chi connectivity index (χ0v) is 11.9. The number of benzene rings is 1. The topological polar surface area (TPSA) is 116 Å². The van der Waals surface area contributed by atoms with E-state index < -0.39 is 11.8 Å². The summed E-state index contributed by atoms with van der Waals surface area (Å²) in [7, 11) is 1.86. The van der Waals surface area contributed by atoms with Gasteiger partial charge in [-0.3, -0.25) is 14.3 Å². The third kappa shape index (κ3) is 3.19. The Morgan fingerprint density at radius 3 is 2.19 bits per heavy atom. The van der Waals surface area contributed by atoms with E-state index in [-0.39, 0.29) is 11.1 Å². The predicted octanol–water partition coefficient (Wildman–Crippen LogP) is 0.538. The van der Waals surface area contributed by atoms with Crippen molar-refractivity contribution in [1.82, 2.24) is 9.78 Å². The first-order valence-electron chi connectivity index (χ1n) is 6.34. The van der Waals surface area contributed by atoms with E-state index in [2.05, 4.69) is 10.4 Å². The van der Waals surface area contributed by atoms with Gasteiger partial charge in [0.15, 0.2) is 0 Å². The van der Waals surface area contributed by atoms with Crippen LogP contribution in [0, 0.1) is 6.92 Å². The number of nitrogens with one attached hydrogen (secondary N) is 1. The molecule has 1 aromatic heterocycles. The van der Waals surface area contributed by atoms with E-state index in [1.165, 1.54) is 6.07 Å². The molecule has 0 aliphatic heterocycles. The van der Waals surface area contributed by atoms with Crippen molar-refractivity contribution in [2.45, 2.75) is 13.5 Å². The van der Waals surface area contributed by atoms with Crippen LogP contribution in [0.4, 0.5) is 5.69 Å². The van der Waals surface area contributed by atoms with Gasteiger partial charge in [-0.1, -0.05) is 0 Å². The second-order valence-electron chi connectivity index (χ2n) is 4.76. The van der Waals surface area contributed by atoms with Gasteiger partial charge in [-0.25, -0.2) is 0 Å². The molecule has 0 saturated heterocycles. The number of aromatic nitrogens is 2. The number of primary amides is 2. The maximum Gasteiger partial charge on any atom is 0.248 e. The second kappa shape index (κ2) is 5.66. The standard InChI is InChI=1S/C14H17N5O2/c1-8-11(7-18-19(8)2)6-17-12-4-9(13(15)20)3-10(5-12)14(16)21/h3-5,7,17H,6H2,1-2H3,(H2,15,20)(H2,16,21). The fourth-order valence-electron chi connectivity index (χ4n) is 1.93. The molecule has 110 valence electrons. The summed E-state index contributed by atoms with van der Waals surface area (Å²) in [5, 5.41) is 7.29. The molecule has 0 fully saturated rings. The number of hydrogen-bond donors (Lipinski definition) is 3. The molecular weight excluding hydrogens is 270 g/mol. The SMILES string of the molecule is Cc1c(CNc2cc(C(N)=O)cc(C(N)=O)c2)cnn1C. The zero-order chi connectivity index (χ0) is 15.6. The molecule has 7 nitrogen and oxygen atoms in total. The van der Waals surface area contributed by atoms with Crippen molar-refractivity contribution < 1.29 is 9.59 Å². The Morgan fingerprint density at radius 1 is 1.19 bits per heavy atom. The summed E-state index contributed by atoms with van der Waals surface area (Å²) in [6.45, 7) is 2.47. The fourth-order valence-corrected chi connectivity index (χ4v) is 1.93. The summed E-state index contributed by atoms with van der Waals surface area (Å²) in [5.41, 5.74) is 13.6. The molecular formula is C14H17N5O2. The van der Waals surface area contributed by atoms with Crippen LogP contribution in [0.5, 0.6) is 0 Å². The minimum Gasteiger partial charge on any atom is -0.381 e. The number of nitrogens with zero attached hydrogens (tertiary/aromatic N) is 2. The summed E-state index contributed by atoms with van der Waals surface area (Å²) < 4.78 is 1.77. The largest absolute Gasteiger partial charge is 0.381 e. The number of aryl methyl sites for hydroxylation is 1. The lowest BCUT2D eigenvalue weighted by Gasteiger charge is -2.09. The summed E-state index contributed by atoms with van der Waals surface area (Å²) >= 11 is 0. The maximum atomic E-state index is 11.3. The molecule has 21 heavy (non-hydrogen) atoms. The van der Waals surface area contributed by atoms with Gasteiger partial charge in [0.05, 0.1) is 6.20 Å². The smallest absolute Gasteiger partial charge is 0.248 e. The Hall–Kier alpha value is -2.83. The molecule has 2 rings (SSSR count). The first kappa shape index (κ1) is 14.6. The number of carbonyl (C=O) groups is 2. The summed E-state index contributed by atoms with van der Waals surface area (Å²) in [6.07, 6.45) is 1.76. The van der Waals surface area contributed by atoms with Crippen molar-refractivity contribution in [2.75, 3.05) is 5.32 Å². The molecule has 2 aromatic rings. The highest BCUT2D eigenvalue weighted by Crippen LogP contribution is 2.16. The van der Waals surface area contributed by atoms with E-state index in [1.54, 1.807) is 23.0 Å². The van der Waals surface area contributed by atoms with Crippen molar-refractivity contribution in [3.63, 3.8) is 0 Å². The number of amides is 2. The first-order chi connectivity index (χ1) is 9.88. The lowest BCUT2D eigenvalue weighted by Crippen LogP contribution is -2.16. The minimum atomic E-state index is -0.612. The van der Waals surface area contributed by atoms with E-state index in [1.807, 2.05) is 14.0 Å². The van der Waals surface area contributed by atoms with Crippen LogP contribution in [0.3, 0.4) is 0 Å². The second-order valence-corrected chi connectivity index (χ2v) is 4.76. The monoisotopic (exact) mass is 287 g/mol. The number of rotatable bonds is 5. The van der Waals surface area contributed by atoms with Gasteiger partial charge in [0.2, 0.25) is 11.8 Å². The van der Waals surface area contributed by atoms with E-state index >= 15 is 0 Å². The Bertz CT molecular complexity index is 673. The van der Waals surface area contributed by atoms with Crippen LogP contribution in [0.1, 0.15) is 32.0 Å². The number of hydrogen-bond acceptors (Lipinski definition) is 4. The highest BCUT2D eigenvalue weighted by Gasteiger charge is 2.10. The Kier molecular flexibility index (Phi) is 3.93. The van der Waals surface area contributed by atoms with Crippen LogP contribution in [-0.4, -0.2) is 21.6 Å². The maximum absolute atomic E-state index is 11.3. The molecule has 0 aliphatic carbocycles. The average Bonchev–Trinajstić information content (AvgIpc) is 2.76. The fraction of sp³-hybridized carbons (Fsp3) is 0.214. The number of nitrogens with two attached hydrogens (primary N) is 2. The van der Waals surface area contributed by atoms with Crippen LogP contribution in [0.15, 0.2) is 24.4 Å². The highest BCUT2D eigenvalue weighted by atomic mass is 16.1. The molecule has 0 atom stereocenters. The molecule has 7 heteroatoms. The van der Waals surface area contributed by atoms with E-state index in [0.29, 0.717) is 12.2 Å². The van der Waals surface area contributed by atoms with E-state index in [0.717, 1.165) is 11.3 Å². The molecule has 0 aliphatic rings. The lowest BCUT2D eigenvalue weighted by atomic mass is 10.1. The number of anilines is 1. The van der Waals surface area contributed by atoms with Crippen molar-refractivity contribution in [1.29, 1.82) is 0 Å². The van der Waals surface area contributed by atoms with Crippen LogP contribution >= 0.6 is 0 Å². The molecule has 0 spiro atoms. The Morgan fingerprint density at radius 2 is 1.76 bits per heavy atom. The average molecular weight is 287 g/mol. The van der Waals surface area contributed by atoms with Gasteiger partial charge in [0.25, 0.3) is 0 Å². The van der Waals surface area contributed by atoms with Crippen molar-refractivity contribution in [2.24, 2.45) is 18.5 Å². The van der Waals surface area contributed by atoms with Gasteiger partial charge in [-0.2, -0.15) is 5.10 Å². The van der Waals surface area contributed by atoms with Gasteiger partial charge >= 0.3 is 0 Å². The third-order valence-corrected chi connectivity index (χ3v) is 3.32. The summed E-state index contributed by atoms with van der Waals surface area (Å²) in [6, 6.07) is 4.55. The minimum absolute atomic E-state index is 0.233. The van der Waals surface area contributed by atoms with Crippen molar-refractivity contribution in [3.8, 4) is 0 Å². The van der Waals surface area contributed by atoms with Crippen molar-refractivity contribution >= 4 is 17.5 Å². The molecule has 1 aromatic carbocycles. The normalized spacial score (nSPS) is 10.4. The van der Waals surface area contributed by atoms with Gasteiger partial charge in [-0.15, -0.1) is 0 Å².